The number of aliphatic hydroxyl groups excluding tert-OH is 1. The number of fused-ring (bicyclic) bond motifs is 3. The maximum atomic E-state index is 17.2. The number of aromatic amines is 1. The number of methoxy groups -OCH3 is 1. The minimum Gasteiger partial charge on any atom is -0.480 e. The first-order chi connectivity index (χ1) is 25.3. The molecule has 13 heteroatoms. The lowest BCUT2D eigenvalue weighted by Gasteiger charge is -2.53. The van der Waals surface area contributed by atoms with Crippen LogP contribution in [0, 0.1) is 25.1 Å². The molecule has 5 fully saturated rings. The third kappa shape index (κ3) is 5.70. The molecular formula is C39H50FN7O5. The number of ether oxygens (including phenoxy) is 4. The van der Waals surface area contributed by atoms with E-state index in [-0.39, 0.29) is 47.3 Å². The van der Waals surface area contributed by atoms with E-state index in [4.69, 9.17) is 33.9 Å². The van der Waals surface area contributed by atoms with Crippen molar-refractivity contribution in [1.29, 1.82) is 0 Å². The molecule has 2 saturated carbocycles. The van der Waals surface area contributed by atoms with Crippen LogP contribution in [0.2, 0.25) is 0 Å². The van der Waals surface area contributed by atoms with Crippen molar-refractivity contribution in [2.45, 2.75) is 102 Å². The molecule has 2 N–H and O–H groups in total. The molecule has 5 aliphatic rings. The van der Waals surface area contributed by atoms with Crippen LogP contribution in [-0.4, -0.2) is 112 Å². The number of rotatable bonds is 7. The van der Waals surface area contributed by atoms with Crippen molar-refractivity contribution in [1.82, 2.24) is 30.0 Å². The fourth-order valence-corrected chi connectivity index (χ4v) is 10.2. The predicted molar refractivity (Wildman–Crippen MR) is 195 cm³/mol. The molecule has 12 nitrogen and oxygen atoms in total. The van der Waals surface area contributed by atoms with Gasteiger partial charge in [-0.3, -0.25) is 10.00 Å². The number of benzene rings is 1. The lowest BCUT2D eigenvalue weighted by Crippen LogP contribution is -2.58. The zero-order chi connectivity index (χ0) is 35.6. The van der Waals surface area contributed by atoms with Gasteiger partial charge in [-0.05, 0) is 95.4 Å². The summed E-state index contributed by atoms with van der Waals surface area (Å²) in [5, 5.41) is 19.1. The monoisotopic (exact) mass is 715 g/mol. The van der Waals surface area contributed by atoms with Crippen LogP contribution in [0.3, 0.4) is 0 Å². The Balaban J connectivity index is 1.10. The zero-order valence-electron chi connectivity index (χ0n) is 30.5. The van der Waals surface area contributed by atoms with Gasteiger partial charge in [0.1, 0.15) is 22.4 Å². The molecule has 52 heavy (non-hydrogen) atoms. The molecule has 3 atom stereocenters. The quantitative estimate of drug-likeness (QED) is 0.246. The number of aliphatic hydroxyl groups is 1. The van der Waals surface area contributed by atoms with Gasteiger partial charge in [-0.15, -0.1) is 0 Å². The number of hydrogen-bond acceptors (Lipinski definition) is 11. The summed E-state index contributed by atoms with van der Waals surface area (Å²) in [6.07, 6.45) is 12.5. The molecule has 3 aromatic heterocycles. The van der Waals surface area contributed by atoms with Gasteiger partial charge in [0, 0.05) is 41.5 Å². The third-order valence-corrected chi connectivity index (χ3v) is 13.1. The maximum Gasteiger partial charge on any atom is 0.319 e. The first-order valence-corrected chi connectivity index (χ1v) is 19.2. The SMILES string of the molecule is COc1nc(-c2c(C)c(C)cc3[nH]ncc23)c(F)c2nc(OCC34CCCC3N(C3CCC5(CCO5)CC3)CCC4)nc(N3CCOCC(O)C3)c12. The third-order valence-electron chi connectivity index (χ3n) is 13.1. The van der Waals surface area contributed by atoms with Gasteiger partial charge >= 0.3 is 6.01 Å². The van der Waals surface area contributed by atoms with Gasteiger partial charge in [-0.2, -0.15) is 15.1 Å². The molecule has 0 radical (unpaired) electrons. The number of piperidine rings is 1. The summed E-state index contributed by atoms with van der Waals surface area (Å²) >= 11 is 0. The standard InChI is InChI=1S/C39H50FN7O5/c1-23-18-28-27(19-41-45-28)30(24(23)2)33-32(40)34-31(36(42-33)49-3)35(46-15-17-50-21-26(48)20-46)44-37(43-34)51-22-38-9-4-6-29(38)47(14-5-10-38)25-7-11-39(12-8-25)13-16-52-39/h18-19,25-26,29,48H,4-17,20-22H2,1-3H3,(H,41,45). The van der Waals surface area contributed by atoms with Crippen LogP contribution in [-0.2, 0) is 9.47 Å². The van der Waals surface area contributed by atoms with Crippen LogP contribution < -0.4 is 14.4 Å². The number of hydrogen-bond donors (Lipinski definition) is 2. The predicted octanol–water partition coefficient (Wildman–Crippen LogP) is 5.65. The van der Waals surface area contributed by atoms with Crippen molar-refractivity contribution in [3.63, 3.8) is 0 Å². The van der Waals surface area contributed by atoms with Gasteiger partial charge < -0.3 is 29.0 Å². The second kappa shape index (κ2) is 13.3. The number of likely N-dealkylation sites (tertiary alicyclic amines) is 1. The normalized spacial score (nSPS) is 29.7. The zero-order valence-corrected chi connectivity index (χ0v) is 30.5. The Morgan fingerprint density at radius 3 is 2.65 bits per heavy atom. The Bertz CT molecular complexity index is 1980. The fourth-order valence-electron chi connectivity index (χ4n) is 10.2. The Morgan fingerprint density at radius 2 is 1.87 bits per heavy atom. The van der Waals surface area contributed by atoms with E-state index in [1.54, 1.807) is 6.20 Å². The van der Waals surface area contributed by atoms with Gasteiger partial charge in [-0.25, -0.2) is 9.37 Å². The van der Waals surface area contributed by atoms with E-state index < -0.39 is 11.9 Å². The van der Waals surface area contributed by atoms with Crippen LogP contribution in [0.1, 0.15) is 75.3 Å². The Kier molecular flexibility index (Phi) is 8.75. The van der Waals surface area contributed by atoms with Crippen molar-refractivity contribution < 1.29 is 28.4 Å². The second-order valence-corrected chi connectivity index (χ2v) is 15.9. The van der Waals surface area contributed by atoms with Crippen LogP contribution in [0.4, 0.5) is 10.2 Å². The van der Waals surface area contributed by atoms with Crippen molar-refractivity contribution in [3.8, 4) is 23.1 Å². The molecule has 3 aliphatic heterocycles. The summed E-state index contributed by atoms with van der Waals surface area (Å²) in [6.45, 7) is 7.74. The largest absolute Gasteiger partial charge is 0.480 e. The van der Waals surface area contributed by atoms with E-state index in [2.05, 4.69) is 15.1 Å². The summed E-state index contributed by atoms with van der Waals surface area (Å²) in [7, 11) is 1.52. The van der Waals surface area contributed by atoms with E-state index >= 15 is 4.39 Å². The molecule has 3 saturated heterocycles. The number of β-amino-alcohol motifs (C(OH)–C–C–N with tert-alkyl or cyclic N) is 1. The maximum absolute atomic E-state index is 17.2. The second-order valence-electron chi connectivity index (χ2n) is 15.9. The summed E-state index contributed by atoms with van der Waals surface area (Å²) in [4.78, 5) is 19.3. The molecule has 1 aromatic carbocycles. The lowest BCUT2D eigenvalue weighted by molar-refractivity contribution is -0.175. The highest BCUT2D eigenvalue weighted by atomic mass is 19.1. The molecule has 1 spiro atoms. The molecule has 3 unspecified atom stereocenters. The molecular weight excluding hydrogens is 665 g/mol. The molecule has 6 heterocycles. The van der Waals surface area contributed by atoms with Gasteiger partial charge in [0.25, 0.3) is 0 Å². The minimum atomic E-state index is -0.749. The van der Waals surface area contributed by atoms with Crippen LogP contribution in [0.15, 0.2) is 12.3 Å². The molecule has 2 aliphatic carbocycles. The van der Waals surface area contributed by atoms with Crippen molar-refractivity contribution in [2.75, 3.05) is 58.1 Å². The van der Waals surface area contributed by atoms with Crippen LogP contribution >= 0.6 is 0 Å². The minimum absolute atomic E-state index is 0.0172. The number of anilines is 1. The molecule has 0 amide bonds. The van der Waals surface area contributed by atoms with Crippen LogP contribution in [0.5, 0.6) is 11.9 Å². The molecule has 9 rings (SSSR count). The lowest BCUT2D eigenvalue weighted by atomic mass is 9.72. The number of H-pyrrole nitrogens is 1. The van der Waals surface area contributed by atoms with Crippen molar-refractivity contribution in [3.05, 3.63) is 29.2 Å². The fraction of sp³-hybridized carbons (Fsp3) is 0.641. The first kappa shape index (κ1) is 34.1. The van der Waals surface area contributed by atoms with Gasteiger partial charge in [0.05, 0.1) is 57.0 Å². The van der Waals surface area contributed by atoms with Crippen molar-refractivity contribution in [2.24, 2.45) is 5.41 Å². The van der Waals surface area contributed by atoms with E-state index in [0.29, 0.717) is 48.6 Å². The highest BCUT2D eigenvalue weighted by molar-refractivity contribution is 6.01. The summed E-state index contributed by atoms with van der Waals surface area (Å²) in [5.74, 6) is 0.0244. The highest BCUT2D eigenvalue weighted by Gasteiger charge is 2.52. The number of nitrogens with zero attached hydrogens (tertiary/aromatic N) is 6. The van der Waals surface area contributed by atoms with Crippen molar-refractivity contribution >= 4 is 27.6 Å². The molecule has 4 aromatic rings. The summed E-state index contributed by atoms with van der Waals surface area (Å²) in [6, 6.07) is 3.15. The summed E-state index contributed by atoms with van der Waals surface area (Å²) in [5.41, 5.74) is 3.63. The molecule has 0 bridgehead atoms. The number of aromatic nitrogens is 5. The molecule has 278 valence electrons. The Morgan fingerprint density at radius 1 is 1.04 bits per heavy atom. The van der Waals surface area contributed by atoms with Gasteiger partial charge in [0.2, 0.25) is 5.88 Å². The van der Waals surface area contributed by atoms with Gasteiger partial charge in [-0.1, -0.05) is 6.42 Å². The average molecular weight is 716 g/mol. The Hall–Kier alpha value is -3.65. The number of nitrogens with one attached hydrogen (secondary N) is 1. The number of pyridine rings is 1. The van der Waals surface area contributed by atoms with E-state index in [9.17, 15) is 5.11 Å². The Labute approximate surface area is 303 Å². The van der Waals surface area contributed by atoms with Crippen LogP contribution in [0.25, 0.3) is 33.1 Å². The first-order valence-electron chi connectivity index (χ1n) is 19.2. The number of aryl methyl sites for hydroxylation is 1. The number of halogens is 1. The van der Waals surface area contributed by atoms with E-state index in [1.165, 1.54) is 32.8 Å². The van der Waals surface area contributed by atoms with E-state index in [0.717, 1.165) is 73.7 Å². The average Bonchev–Trinajstić information content (AvgIpc) is 3.73. The van der Waals surface area contributed by atoms with Gasteiger partial charge in [0.15, 0.2) is 5.82 Å². The topological polar surface area (TPSA) is 131 Å². The summed E-state index contributed by atoms with van der Waals surface area (Å²) < 4.78 is 41.5. The highest BCUT2D eigenvalue weighted by Crippen LogP contribution is 2.51. The smallest absolute Gasteiger partial charge is 0.319 e. The van der Waals surface area contributed by atoms with E-state index in [1.807, 2.05) is 24.8 Å².